The number of carbonyl (C=O) groups excluding carboxylic acids is 2. The summed E-state index contributed by atoms with van der Waals surface area (Å²) in [6, 6.07) is 17.2. The Labute approximate surface area is 175 Å². The predicted octanol–water partition coefficient (Wildman–Crippen LogP) is 3.74. The molecule has 2 amide bonds. The number of ketones is 1. The molecule has 2 heterocycles. The number of amides is 2. The summed E-state index contributed by atoms with van der Waals surface area (Å²) in [6.07, 6.45) is 1.76. The van der Waals surface area contributed by atoms with E-state index in [9.17, 15) is 9.59 Å². The summed E-state index contributed by atoms with van der Waals surface area (Å²) in [6.45, 7) is 6.33. The molecule has 1 aliphatic rings. The van der Waals surface area contributed by atoms with Crippen LogP contribution in [0.15, 0.2) is 60.8 Å². The van der Waals surface area contributed by atoms with E-state index in [4.69, 9.17) is 0 Å². The van der Waals surface area contributed by atoms with Crippen LogP contribution in [0.5, 0.6) is 0 Å². The molecule has 154 valence electrons. The maximum absolute atomic E-state index is 12.7. The molecular formula is C23H25N5O2. The van der Waals surface area contributed by atoms with E-state index in [2.05, 4.69) is 15.3 Å². The molecule has 1 aliphatic heterocycles. The minimum atomic E-state index is -0.101. The Hall–Kier alpha value is -3.61. The van der Waals surface area contributed by atoms with Crippen molar-refractivity contribution in [3.63, 3.8) is 0 Å². The minimum Gasteiger partial charge on any atom is -0.368 e. The molecule has 7 nitrogen and oxygen atoms in total. The van der Waals surface area contributed by atoms with Gasteiger partial charge in [0.2, 0.25) is 0 Å². The third kappa shape index (κ3) is 4.20. The summed E-state index contributed by atoms with van der Waals surface area (Å²) >= 11 is 0. The third-order valence-corrected chi connectivity index (χ3v) is 5.38. The quantitative estimate of drug-likeness (QED) is 0.674. The van der Waals surface area contributed by atoms with Crippen molar-refractivity contribution in [2.75, 3.05) is 36.4 Å². The van der Waals surface area contributed by atoms with Gasteiger partial charge in [-0.1, -0.05) is 6.07 Å². The van der Waals surface area contributed by atoms with Crippen molar-refractivity contribution in [3.05, 3.63) is 72.1 Å². The number of hydrogen-bond acceptors (Lipinski definition) is 4. The van der Waals surface area contributed by atoms with Crippen LogP contribution in [0.2, 0.25) is 0 Å². The van der Waals surface area contributed by atoms with Gasteiger partial charge in [0, 0.05) is 55.0 Å². The standard InChI is InChI=1S/C23H25N5O2/c1-17-10-11-24-28(17)22-5-3-4-20(16-22)25-23(30)27-14-12-26(13-15-27)21-8-6-19(7-9-21)18(2)29/h3-11,16H,12-15H2,1-2H3,(H,25,30). The number of carbonyl (C=O) groups is 2. The van der Waals surface area contributed by atoms with Crippen molar-refractivity contribution in [3.8, 4) is 5.69 Å². The van der Waals surface area contributed by atoms with Crippen molar-refractivity contribution in [2.24, 2.45) is 0 Å². The smallest absolute Gasteiger partial charge is 0.321 e. The average Bonchev–Trinajstić information content (AvgIpc) is 3.20. The monoisotopic (exact) mass is 403 g/mol. The second-order valence-electron chi connectivity index (χ2n) is 7.44. The van der Waals surface area contributed by atoms with Crippen LogP contribution in [-0.2, 0) is 0 Å². The number of piperazine rings is 1. The number of aryl methyl sites for hydroxylation is 1. The summed E-state index contributed by atoms with van der Waals surface area (Å²) in [5.74, 6) is 0.0647. The number of rotatable bonds is 4. The highest BCUT2D eigenvalue weighted by Gasteiger charge is 2.21. The summed E-state index contributed by atoms with van der Waals surface area (Å²) in [4.78, 5) is 28.2. The number of Topliss-reactive ketones (excluding diaryl/α,β-unsaturated/α-hetero) is 1. The molecule has 30 heavy (non-hydrogen) atoms. The first kappa shape index (κ1) is 19.7. The van der Waals surface area contributed by atoms with Crippen LogP contribution in [0.25, 0.3) is 5.69 Å². The lowest BCUT2D eigenvalue weighted by molar-refractivity contribution is 0.101. The van der Waals surface area contributed by atoms with Gasteiger partial charge in [-0.15, -0.1) is 0 Å². The number of benzene rings is 2. The number of urea groups is 1. The lowest BCUT2D eigenvalue weighted by Gasteiger charge is -2.36. The van der Waals surface area contributed by atoms with Crippen molar-refractivity contribution >= 4 is 23.2 Å². The summed E-state index contributed by atoms with van der Waals surface area (Å²) in [5.41, 5.74) is 4.47. The van der Waals surface area contributed by atoms with Gasteiger partial charge in [-0.2, -0.15) is 5.10 Å². The van der Waals surface area contributed by atoms with E-state index in [0.717, 1.165) is 35.8 Å². The molecule has 0 spiro atoms. The molecule has 4 rings (SSSR count). The zero-order valence-corrected chi connectivity index (χ0v) is 17.2. The van der Waals surface area contributed by atoms with Crippen molar-refractivity contribution < 1.29 is 9.59 Å². The number of nitrogens with zero attached hydrogens (tertiary/aromatic N) is 4. The summed E-state index contributed by atoms with van der Waals surface area (Å²) in [5, 5.41) is 7.32. The molecule has 0 atom stereocenters. The van der Waals surface area contributed by atoms with Crippen LogP contribution >= 0.6 is 0 Å². The van der Waals surface area contributed by atoms with Crippen LogP contribution in [0.3, 0.4) is 0 Å². The van der Waals surface area contributed by atoms with Gasteiger partial charge >= 0.3 is 6.03 Å². The van der Waals surface area contributed by atoms with Crippen LogP contribution in [0, 0.1) is 6.92 Å². The highest BCUT2D eigenvalue weighted by molar-refractivity contribution is 5.94. The van der Waals surface area contributed by atoms with Gasteiger partial charge in [0.25, 0.3) is 0 Å². The Morgan fingerprint density at radius 3 is 2.30 bits per heavy atom. The normalized spacial score (nSPS) is 13.9. The maximum Gasteiger partial charge on any atom is 0.321 e. The molecule has 0 radical (unpaired) electrons. The molecule has 7 heteroatoms. The number of aromatic nitrogens is 2. The van der Waals surface area contributed by atoms with Gasteiger partial charge in [0.15, 0.2) is 5.78 Å². The van der Waals surface area contributed by atoms with E-state index in [1.807, 2.05) is 71.1 Å². The Morgan fingerprint density at radius 2 is 1.67 bits per heavy atom. The highest BCUT2D eigenvalue weighted by Crippen LogP contribution is 2.19. The fourth-order valence-electron chi connectivity index (χ4n) is 3.63. The lowest BCUT2D eigenvalue weighted by atomic mass is 10.1. The molecule has 0 unspecified atom stereocenters. The predicted molar refractivity (Wildman–Crippen MR) is 118 cm³/mol. The molecule has 1 N–H and O–H groups in total. The molecule has 1 saturated heterocycles. The molecule has 0 bridgehead atoms. The molecule has 1 aromatic heterocycles. The molecule has 0 aliphatic carbocycles. The van der Waals surface area contributed by atoms with Crippen molar-refractivity contribution in [2.45, 2.75) is 13.8 Å². The van der Waals surface area contributed by atoms with Crippen molar-refractivity contribution in [1.29, 1.82) is 0 Å². The first-order valence-electron chi connectivity index (χ1n) is 10.0. The van der Waals surface area contributed by atoms with Gasteiger partial charge < -0.3 is 15.1 Å². The Balaban J connectivity index is 1.36. The van der Waals surface area contributed by atoms with Gasteiger partial charge in [-0.05, 0) is 62.4 Å². The molecular weight excluding hydrogens is 378 g/mol. The fourth-order valence-corrected chi connectivity index (χ4v) is 3.63. The first-order valence-corrected chi connectivity index (χ1v) is 10.0. The number of hydrogen-bond donors (Lipinski definition) is 1. The zero-order valence-electron chi connectivity index (χ0n) is 17.2. The lowest BCUT2D eigenvalue weighted by Crippen LogP contribution is -2.50. The number of anilines is 2. The van der Waals surface area contributed by atoms with Gasteiger partial charge in [0.1, 0.15) is 0 Å². The fraction of sp³-hybridized carbons (Fsp3) is 0.261. The highest BCUT2D eigenvalue weighted by atomic mass is 16.2. The SMILES string of the molecule is CC(=O)c1ccc(N2CCN(C(=O)Nc3cccc(-n4nccc4C)c3)CC2)cc1. The third-order valence-electron chi connectivity index (χ3n) is 5.38. The minimum absolute atomic E-state index is 0.0647. The summed E-state index contributed by atoms with van der Waals surface area (Å²) in [7, 11) is 0. The van der Waals surface area contributed by atoms with Crippen molar-refractivity contribution in [1.82, 2.24) is 14.7 Å². The molecule has 2 aromatic carbocycles. The second kappa shape index (κ2) is 8.41. The largest absolute Gasteiger partial charge is 0.368 e. The van der Waals surface area contributed by atoms with Gasteiger partial charge in [0.05, 0.1) is 5.69 Å². The van der Waals surface area contributed by atoms with E-state index in [1.54, 1.807) is 13.1 Å². The van der Waals surface area contributed by atoms with E-state index in [1.165, 1.54) is 0 Å². The van der Waals surface area contributed by atoms with E-state index in [0.29, 0.717) is 18.7 Å². The molecule has 3 aromatic rings. The summed E-state index contributed by atoms with van der Waals surface area (Å²) < 4.78 is 1.84. The second-order valence-corrected chi connectivity index (χ2v) is 7.44. The maximum atomic E-state index is 12.7. The Bertz CT molecular complexity index is 1050. The number of nitrogens with one attached hydrogen (secondary N) is 1. The topological polar surface area (TPSA) is 70.5 Å². The van der Waals surface area contributed by atoms with Gasteiger partial charge in [-0.3, -0.25) is 4.79 Å². The molecule has 1 fully saturated rings. The van der Waals surface area contributed by atoms with E-state index in [-0.39, 0.29) is 11.8 Å². The van der Waals surface area contributed by atoms with Crippen LogP contribution in [0.4, 0.5) is 16.2 Å². The van der Waals surface area contributed by atoms with Crippen LogP contribution in [0.1, 0.15) is 23.0 Å². The van der Waals surface area contributed by atoms with Crippen LogP contribution < -0.4 is 10.2 Å². The van der Waals surface area contributed by atoms with Crippen LogP contribution in [-0.4, -0.2) is 52.7 Å². The van der Waals surface area contributed by atoms with E-state index < -0.39 is 0 Å². The Morgan fingerprint density at radius 1 is 0.933 bits per heavy atom. The first-order chi connectivity index (χ1) is 14.5. The van der Waals surface area contributed by atoms with E-state index >= 15 is 0 Å². The Kier molecular flexibility index (Phi) is 5.52. The van der Waals surface area contributed by atoms with Gasteiger partial charge in [-0.25, -0.2) is 9.48 Å². The average molecular weight is 403 g/mol. The zero-order chi connectivity index (χ0) is 21.1. The molecule has 0 saturated carbocycles.